The Morgan fingerprint density at radius 2 is 1.55 bits per heavy atom. The zero-order valence-corrected chi connectivity index (χ0v) is 21.9. The van der Waals surface area contributed by atoms with Crippen LogP contribution in [0.2, 0.25) is 0 Å². The van der Waals surface area contributed by atoms with E-state index < -0.39 is 17.7 Å². The van der Waals surface area contributed by atoms with E-state index in [1.165, 1.54) is 4.90 Å². The average Bonchev–Trinajstić information content (AvgIpc) is 3.19. The lowest BCUT2D eigenvalue weighted by Gasteiger charge is -2.25. The van der Waals surface area contributed by atoms with Gasteiger partial charge in [0.1, 0.15) is 17.3 Å². The third-order valence-corrected chi connectivity index (χ3v) is 6.48. The summed E-state index contributed by atoms with van der Waals surface area (Å²) in [5, 5.41) is 11.4. The summed E-state index contributed by atoms with van der Waals surface area (Å²) in [5.74, 6) is -0.298. The van der Waals surface area contributed by atoms with E-state index >= 15 is 0 Å². The van der Waals surface area contributed by atoms with E-state index in [0.717, 1.165) is 31.2 Å². The monoisotopic (exact) mass is 514 g/mol. The van der Waals surface area contributed by atoms with Gasteiger partial charge >= 0.3 is 0 Å². The fourth-order valence-corrected chi connectivity index (χ4v) is 4.38. The van der Waals surface area contributed by atoms with Crippen molar-refractivity contribution in [2.75, 3.05) is 13.2 Å². The molecule has 0 bridgehead atoms. The van der Waals surface area contributed by atoms with E-state index in [9.17, 15) is 14.7 Å². The van der Waals surface area contributed by atoms with Crippen LogP contribution in [-0.4, -0.2) is 39.9 Å². The summed E-state index contributed by atoms with van der Waals surface area (Å²) >= 11 is 0. The number of hydrogen-bond donors (Lipinski definition) is 1. The molecule has 2 aromatic carbocycles. The highest BCUT2D eigenvalue weighted by molar-refractivity contribution is 6.46. The van der Waals surface area contributed by atoms with Crippen molar-refractivity contribution in [2.24, 2.45) is 0 Å². The quantitative estimate of drug-likeness (QED) is 0.137. The first-order valence-corrected chi connectivity index (χ1v) is 13.2. The Balaban J connectivity index is 1.73. The van der Waals surface area contributed by atoms with Crippen molar-refractivity contribution in [2.45, 2.75) is 52.1 Å². The van der Waals surface area contributed by atoms with Crippen molar-refractivity contribution in [3.63, 3.8) is 0 Å². The number of unbranched alkanes of at least 4 members (excludes halogenated alkanes) is 2. The Bertz CT molecular complexity index is 1270. The number of amides is 1. The molecule has 4 rings (SSSR count). The van der Waals surface area contributed by atoms with Crippen LogP contribution in [0.4, 0.5) is 0 Å². The van der Waals surface area contributed by atoms with Crippen LogP contribution in [0.15, 0.2) is 78.6 Å². The highest BCUT2D eigenvalue weighted by Crippen LogP contribution is 2.41. The molecule has 0 spiro atoms. The number of aromatic nitrogens is 1. The molecule has 1 aromatic heterocycles. The number of hydrogen-bond acceptors (Lipinski definition) is 6. The van der Waals surface area contributed by atoms with Gasteiger partial charge in [0, 0.05) is 24.5 Å². The normalized spacial score (nSPS) is 16.6. The number of carbonyl (C=O) groups is 2. The average molecular weight is 515 g/mol. The lowest BCUT2D eigenvalue weighted by atomic mass is 9.95. The SMILES string of the molecule is CCCCOc1ccc(C2C(=C(O)c3cccc(OCCCC)c3)C(=O)C(=O)N2Cc2ccncc2)cc1. The molecule has 0 radical (unpaired) electrons. The molecule has 0 aliphatic carbocycles. The standard InChI is InChI=1S/C31H34N2O5/c1-3-5-18-37-25-12-10-23(11-13-25)28-27(29(34)24-8-7-9-26(20-24)38-19-6-4-2)30(35)31(36)33(28)21-22-14-16-32-17-15-22/h7-17,20,28,34H,3-6,18-19,21H2,1-2H3. The predicted octanol–water partition coefficient (Wildman–Crippen LogP) is 6.06. The third kappa shape index (κ3) is 6.22. The third-order valence-electron chi connectivity index (χ3n) is 6.48. The van der Waals surface area contributed by atoms with E-state index in [0.29, 0.717) is 35.8 Å². The lowest BCUT2D eigenvalue weighted by Crippen LogP contribution is -2.29. The van der Waals surface area contributed by atoms with Gasteiger partial charge in [-0.25, -0.2) is 0 Å². The molecule has 1 N–H and O–H groups in total. The largest absolute Gasteiger partial charge is 0.507 e. The maximum absolute atomic E-state index is 13.4. The number of ketones is 1. The fourth-order valence-electron chi connectivity index (χ4n) is 4.38. The highest BCUT2D eigenvalue weighted by atomic mass is 16.5. The maximum Gasteiger partial charge on any atom is 0.295 e. The van der Waals surface area contributed by atoms with Gasteiger partial charge in [-0.3, -0.25) is 14.6 Å². The van der Waals surface area contributed by atoms with Gasteiger partial charge in [-0.2, -0.15) is 0 Å². The molecule has 1 unspecified atom stereocenters. The van der Waals surface area contributed by atoms with Crippen LogP contribution in [-0.2, 0) is 16.1 Å². The summed E-state index contributed by atoms with van der Waals surface area (Å²) in [6.07, 6.45) is 7.19. The van der Waals surface area contributed by atoms with Crippen LogP contribution < -0.4 is 9.47 Å². The summed E-state index contributed by atoms with van der Waals surface area (Å²) in [6, 6.07) is 17.2. The zero-order chi connectivity index (χ0) is 26.9. The Morgan fingerprint density at radius 3 is 2.21 bits per heavy atom. The van der Waals surface area contributed by atoms with Crippen molar-refractivity contribution in [3.8, 4) is 11.5 Å². The second-order valence-electron chi connectivity index (χ2n) is 9.28. The van der Waals surface area contributed by atoms with Crippen molar-refractivity contribution in [1.29, 1.82) is 0 Å². The minimum absolute atomic E-state index is 0.0504. The predicted molar refractivity (Wildman–Crippen MR) is 146 cm³/mol. The van der Waals surface area contributed by atoms with Crippen LogP contribution in [0, 0.1) is 0 Å². The van der Waals surface area contributed by atoms with Crippen LogP contribution in [0.5, 0.6) is 11.5 Å². The van der Waals surface area contributed by atoms with Crippen LogP contribution >= 0.6 is 0 Å². The van der Waals surface area contributed by atoms with Gasteiger partial charge in [0.05, 0.1) is 24.8 Å². The summed E-state index contributed by atoms with van der Waals surface area (Å²) in [7, 11) is 0. The van der Waals surface area contributed by atoms with Crippen molar-refractivity contribution in [1.82, 2.24) is 9.88 Å². The first-order valence-electron chi connectivity index (χ1n) is 13.2. The number of rotatable bonds is 12. The first-order chi connectivity index (χ1) is 18.5. The molecule has 1 aliphatic heterocycles. The molecule has 1 saturated heterocycles. The fraction of sp³-hybridized carbons (Fsp3) is 0.323. The highest BCUT2D eigenvalue weighted by Gasteiger charge is 2.46. The van der Waals surface area contributed by atoms with Crippen molar-refractivity contribution in [3.05, 3.63) is 95.3 Å². The number of Topliss-reactive ketones (excluding diaryl/α,β-unsaturated/α-hetero) is 1. The van der Waals surface area contributed by atoms with Gasteiger partial charge in [-0.05, 0) is 60.4 Å². The molecule has 198 valence electrons. The molecule has 1 atom stereocenters. The molecular formula is C31H34N2O5. The van der Waals surface area contributed by atoms with Crippen LogP contribution in [0.25, 0.3) is 5.76 Å². The van der Waals surface area contributed by atoms with Crippen molar-refractivity contribution < 1.29 is 24.2 Å². The zero-order valence-electron chi connectivity index (χ0n) is 21.9. The Morgan fingerprint density at radius 1 is 0.895 bits per heavy atom. The number of likely N-dealkylation sites (tertiary alicyclic amines) is 1. The van der Waals surface area contributed by atoms with Crippen molar-refractivity contribution >= 4 is 17.4 Å². The van der Waals surface area contributed by atoms with Gasteiger partial charge in [-0.1, -0.05) is 51.0 Å². The van der Waals surface area contributed by atoms with Gasteiger partial charge in [0.25, 0.3) is 11.7 Å². The second kappa shape index (κ2) is 12.9. The summed E-state index contributed by atoms with van der Waals surface area (Å²) in [4.78, 5) is 32.2. The minimum atomic E-state index is -0.766. The van der Waals surface area contributed by atoms with E-state index in [4.69, 9.17) is 9.47 Å². The Kier molecular flexibility index (Phi) is 9.14. The van der Waals surface area contributed by atoms with E-state index in [-0.39, 0.29) is 17.9 Å². The van der Waals surface area contributed by atoms with E-state index in [2.05, 4.69) is 18.8 Å². The molecule has 2 heterocycles. The molecular weight excluding hydrogens is 480 g/mol. The number of aliphatic hydroxyl groups is 1. The number of carbonyl (C=O) groups excluding carboxylic acids is 2. The number of aliphatic hydroxyl groups excluding tert-OH is 1. The first kappa shape index (κ1) is 26.9. The molecule has 3 aromatic rings. The van der Waals surface area contributed by atoms with Crippen LogP contribution in [0.3, 0.4) is 0 Å². The smallest absolute Gasteiger partial charge is 0.295 e. The van der Waals surface area contributed by atoms with Gasteiger partial charge in [0.15, 0.2) is 0 Å². The molecule has 1 fully saturated rings. The van der Waals surface area contributed by atoms with Gasteiger partial charge < -0.3 is 19.5 Å². The summed E-state index contributed by atoms with van der Waals surface area (Å²) in [5.41, 5.74) is 2.01. The summed E-state index contributed by atoms with van der Waals surface area (Å²) < 4.78 is 11.6. The van der Waals surface area contributed by atoms with Gasteiger partial charge in [-0.15, -0.1) is 0 Å². The van der Waals surface area contributed by atoms with E-state index in [1.807, 2.05) is 30.3 Å². The molecule has 38 heavy (non-hydrogen) atoms. The van der Waals surface area contributed by atoms with Gasteiger partial charge in [0.2, 0.25) is 0 Å². The number of nitrogens with zero attached hydrogens (tertiary/aromatic N) is 2. The number of benzene rings is 2. The van der Waals surface area contributed by atoms with Crippen LogP contribution in [0.1, 0.15) is 62.3 Å². The maximum atomic E-state index is 13.4. The molecule has 0 saturated carbocycles. The number of ether oxygens (including phenoxy) is 2. The molecule has 1 amide bonds. The Hall–Kier alpha value is -4.13. The number of pyridine rings is 1. The lowest BCUT2D eigenvalue weighted by molar-refractivity contribution is -0.140. The Labute approximate surface area is 223 Å². The minimum Gasteiger partial charge on any atom is -0.507 e. The molecule has 1 aliphatic rings. The topological polar surface area (TPSA) is 89.0 Å². The van der Waals surface area contributed by atoms with E-state index in [1.54, 1.807) is 42.7 Å². The molecule has 7 heteroatoms. The second-order valence-corrected chi connectivity index (χ2v) is 9.28. The summed E-state index contributed by atoms with van der Waals surface area (Å²) in [6.45, 7) is 5.56. The molecule has 7 nitrogen and oxygen atoms in total.